The normalized spacial score (nSPS) is 13.4. The van der Waals surface area contributed by atoms with Crippen molar-refractivity contribution in [3.8, 4) is 11.8 Å². The monoisotopic (exact) mass is 346 g/mol. The summed E-state index contributed by atoms with van der Waals surface area (Å²) >= 11 is 0. The first kappa shape index (κ1) is 20.8. The van der Waals surface area contributed by atoms with E-state index in [0.717, 1.165) is 24.3 Å². The highest BCUT2D eigenvalue weighted by atomic mass is 16.5. The molecule has 1 N–H and O–H groups in total. The quantitative estimate of drug-likeness (QED) is 0.636. The number of methoxy groups -OCH3 is 1. The van der Waals surface area contributed by atoms with Crippen LogP contribution in [0.5, 0.6) is 5.75 Å². The van der Waals surface area contributed by atoms with Gasteiger partial charge in [-0.25, -0.2) is 0 Å². The molecule has 2 unspecified atom stereocenters. The molecule has 0 heterocycles. The maximum atomic E-state index is 12.3. The highest BCUT2D eigenvalue weighted by Crippen LogP contribution is 2.36. The van der Waals surface area contributed by atoms with E-state index < -0.39 is 5.41 Å². The van der Waals surface area contributed by atoms with Crippen molar-refractivity contribution in [2.45, 2.75) is 53.0 Å². The van der Waals surface area contributed by atoms with Crippen LogP contribution >= 0.6 is 0 Å². The Morgan fingerprint density at radius 2 is 1.92 bits per heavy atom. The summed E-state index contributed by atoms with van der Waals surface area (Å²) in [7, 11) is 1.62. The van der Waals surface area contributed by atoms with Crippen LogP contribution in [0.15, 0.2) is 24.3 Å². The predicted octanol–water partition coefficient (Wildman–Crippen LogP) is 4.39. The number of nitrogens with zero attached hydrogens (tertiary/aromatic N) is 1. The number of carbonyl (C=O) groups excluding carboxylic acids is 1. The average molecular weight is 346 g/mol. The van der Waals surface area contributed by atoms with Gasteiger partial charge in [0.1, 0.15) is 11.8 Å². The molecular weight excluding hydrogens is 316 g/mol. The molecule has 1 rings (SSSR count). The fourth-order valence-corrected chi connectivity index (χ4v) is 2.92. The van der Waals surface area contributed by atoms with Crippen LogP contribution in [-0.4, -0.2) is 25.7 Å². The second-order valence-corrected chi connectivity index (χ2v) is 6.72. The number of nitriles is 1. The Morgan fingerprint density at radius 3 is 2.40 bits per heavy atom. The number of hydrogen-bond donors (Lipinski definition) is 1. The van der Waals surface area contributed by atoms with E-state index in [2.05, 4.69) is 18.3 Å². The van der Waals surface area contributed by atoms with E-state index in [1.54, 1.807) is 7.11 Å². The van der Waals surface area contributed by atoms with Gasteiger partial charge in [0.15, 0.2) is 0 Å². The first-order valence-corrected chi connectivity index (χ1v) is 8.86. The van der Waals surface area contributed by atoms with Crippen molar-refractivity contribution in [1.29, 1.82) is 5.26 Å². The third kappa shape index (κ3) is 5.97. The van der Waals surface area contributed by atoms with Gasteiger partial charge < -0.3 is 14.8 Å². The Labute approximate surface area is 151 Å². The van der Waals surface area contributed by atoms with Crippen LogP contribution < -0.4 is 10.1 Å². The molecule has 0 aromatic heterocycles. The lowest BCUT2D eigenvalue weighted by atomic mass is 9.73. The minimum atomic E-state index is -0.622. The van der Waals surface area contributed by atoms with Gasteiger partial charge in [0.05, 0.1) is 25.2 Å². The zero-order valence-corrected chi connectivity index (χ0v) is 16.0. The molecule has 0 aliphatic carbocycles. The Hall–Kier alpha value is -2.22. The van der Waals surface area contributed by atoms with Crippen molar-refractivity contribution in [2.75, 3.05) is 19.0 Å². The Balaban J connectivity index is 2.85. The van der Waals surface area contributed by atoms with E-state index in [0.29, 0.717) is 13.0 Å². The van der Waals surface area contributed by atoms with Crippen LogP contribution in [0.2, 0.25) is 0 Å². The molecule has 0 radical (unpaired) electrons. The molecule has 0 saturated heterocycles. The Bertz CT molecular complexity index is 576. The zero-order valence-electron chi connectivity index (χ0n) is 16.0. The molecule has 0 bridgehead atoms. The molecule has 0 spiro atoms. The molecule has 5 heteroatoms. The van der Waals surface area contributed by atoms with Crippen LogP contribution in [0.3, 0.4) is 0 Å². The standard InChI is InChI=1S/C20H30N2O3/c1-6-8-15(20(3,4)19(23)25-7-2)13-17(14-21)22-16-9-11-18(24-5)12-10-16/h9-12,15,17,22H,6-8,13H2,1-5H3. The number of rotatable bonds is 10. The van der Waals surface area contributed by atoms with Crippen LogP contribution in [0.25, 0.3) is 0 Å². The lowest BCUT2D eigenvalue weighted by Gasteiger charge is -2.33. The summed E-state index contributed by atoms with van der Waals surface area (Å²) in [6.07, 6.45) is 2.41. The molecule has 25 heavy (non-hydrogen) atoms. The van der Waals surface area contributed by atoms with Crippen LogP contribution in [0.1, 0.15) is 47.0 Å². The van der Waals surface area contributed by atoms with E-state index >= 15 is 0 Å². The van der Waals surface area contributed by atoms with Crippen LogP contribution in [0, 0.1) is 22.7 Å². The van der Waals surface area contributed by atoms with Gasteiger partial charge >= 0.3 is 5.97 Å². The fourth-order valence-electron chi connectivity index (χ4n) is 2.92. The van der Waals surface area contributed by atoms with Gasteiger partial charge in [-0.05, 0) is 63.8 Å². The number of benzene rings is 1. The number of anilines is 1. The Morgan fingerprint density at radius 1 is 1.28 bits per heavy atom. The third-order valence-electron chi connectivity index (χ3n) is 4.57. The minimum absolute atomic E-state index is 0.0620. The van der Waals surface area contributed by atoms with Gasteiger partial charge in [-0.2, -0.15) is 5.26 Å². The van der Waals surface area contributed by atoms with Crippen molar-refractivity contribution < 1.29 is 14.3 Å². The first-order chi connectivity index (χ1) is 11.9. The predicted molar refractivity (Wildman–Crippen MR) is 99.4 cm³/mol. The molecule has 0 amide bonds. The van der Waals surface area contributed by atoms with Crippen molar-refractivity contribution in [2.24, 2.45) is 11.3 Å². The minimum Gasteiger partial charge on any atom is -0.497 e. The maximum Gasteiger partial charge on any atom is 0.311 e. The topological polar surface area (TPSA) is 71.3 Å². The van der Waals surface area contributed by atoms with E-state index in [9.17, 15) is 10.1 Å². The van der Waals surface area contributed by atoms with E-state index in [-0.39, 0.29) is 17.9 Å². The smallest absolute Gasteiger partial charge is 0.311 e. The third-order valence-corrected chi connectivity index (χ3v) is 4.57. The van der Waals surface area contributed by atoms with Crippen molar-refractivity contribution >= 4 is 11.7 Å². The molecule has 0 aliphatic heterocycles. The number of ether oxygens (including phenoxy) is 2. The number of esters is 1. The van der Waals surface area contributed by atoms with Gasteiger partial charge in [0.2, 0.25) is 0 Å². The summed E-state index contributed by atoms with van der Waals surface area (Å²) < 4.78 is 10.4. The summed E-state index contributed by atoms with van der Waals surface area (Å²) in [6.45, 7) is 8.09. The van der Waals surface area contributed by atoms with Gasteiger partial charge in [0, 0.05) is 5.69 Å². The van der Waals surface area contributed by atoms with E-state index in [1.807, 2.05) is 45.0 Å². The molecule has 0 fully saturated rings. The van der Waals surface area contributed by atoms with Gasteiger partial charge in [0.25, 0.3) is 0 Å². The lowest BCUT2D eigenvalue weighted by molar-refractivity contribution is -0.157. The van der Waals surface area contributed by atoms with Crippen LogP contribution in [0.4, 0.5) is 5.69 Å². The highest BCUT2D eigenvalue weighted by molar-refractivity contribution is 5.76. The molecular formula is C20H30N2O3. The SMILES string of the molecule is CCCC(CC(C#N)Nc1ccc(OC)cc1)C(C)(C)C(=O)OCC. The maximum absolute atomic E-state index is 12.3. The summed E-state index contributed by atoms with van der Waals surface area (Å²) in [6, 6.07) is 9.41. The van der Waals surface area contributed by atoms with Gasteiger partial charge in [-0.15, -0.1) is 0 Å². The first-order valence-electron chi connectivity index (χ1n) is 8.86. The van der Waals surface area contributed by atoms with Gasteiger partial charge in [-0.3, -0.25) is 4.79 Å². The molecule has 0 aliphatic rings. The summed E-state index contributed by atoms with van der Waals surface area (Å²) in [5.41, 5.74) is 0.236. The zero-order chi connectivity index (χ0) is 18.9. The molecule has 138 valence electrons. The fraction of sp³-hybridized carbons (Fsp3) is 0.600. The second-order valence-electron chi connectivity index (χ2n) is 6.72. The summed E-state index contributed by atoms with van der Waals surface area (Å²) in [5, 5.41) is 12.8. The highest BCUT2D eigenvalue weighted by Gasteiger charge is 2.38. The van der Waals surface area contributed by atoms with Crippen molar-refractivity contribution in [3.63, 3.8) is 0 Å². The molecule has 0 saturated carbocycles. The summed E-state index contributed by atoms with van der Waals surface area (Å²) in [5.74, 6) is 0.632. The lowest BCUT2D eigenvalue weighted by Crippen LogP contribution is -2.37. The largest absolute Gasteiger partial charge is 0.497 e. The van der Waals surface area contributed by atoms with E-state index in [1.165, 1.54) is 0 Å². The second kappa shape index (κ2) is 9.93. The van der Waals surface area contributed by atoms with E-state index in [4.69, 9.17) is 9.47 Å². The summed E-state index contributed by atoms with van der Waals surface area (Å²) in [4.78, 5) is 12.3. The van der Waals surface area contributed by atoms with Gasteiger partial charge in [-0.1, -0.05) is 13.3 Å². The van der Waals surface area contributed by atoms with Crippen molar-refractivity contribution in [1.82, 2.24) is 0 Å². The molecule has 2 atom stereocenters. The number of carbonyl (C=O) groups is 1. The van der Waals surface area contributed by atoms with Crippen molar-refractivity contribution in [3.05, 3.63) is 24.3 Å². The molecule has 1 aromatic rings. The number of hydrogen-bond acceptors (Lipinski definition) is 5. The van der Waals surface area contributed by atoms with Crippen LogP contribution in [-0.2, 0) is 9.53 Å². The number of nitrogens with one attached hydrogen (secondary N) is 1. The Kier molecular flexibility index (Phi) is 8.27. The molecule has 5 nitrogen and oxygen atoms in total. The molecule has 1 aromatic carbocycles. The average Bonchev–Trinajstić information content (AvgIpc) is 2.61.